The third-order valence-electron chi connectivity index (χ3n) is 3.02. The van der Waals surface area contributed by atoms with Crippen LogP contribution in [-0.2, 0) is 11.3 Å². The molecule has 0 fully saturated rings. The molecule has 22 heavy (non-hydrogen) atoms. The van der Waals surface area contributed by atoms with Crippen LogP contribution in [0.15, 0.2) is 54.7 Å². The lowest BCUT2D eigenvalue weighted by Gasteiger charge is -2.05. The maximum atomic E-state index is 11.5. The Bertz CT molecular complexity index is 624. The minimum Gasteiger partial charge on any atom is -0.445 e. The van der Waals surface area contributed by atoms with Gasteiger partial charge in [-0.1, -0.05) is 36.4 Å². The van der Waals surface area contributed by atoms with Gasteiger partial charge in [0.05, 0.1) is 5.69 Å². The van der Waals surface area contributed by atoms with E-state index in [-0.39, 0.29) is 6.61 Å². The van der Waals surface area contributed by atoms with Gasteiger partial charge in [0, 0.05) is 12.7 Å². The van der Waals surface area contributed by atoms with Crippen LogP contribution in [-0.4, -0.2) is 17.6 Å². The molecular weight excluding hydrogens is 276 g/mol. The number of hydrogen-bond acceptors (Lipinski definition) is 3. The number of pyridine rings is 1. The van der Waals surface area contributed by atoms with Crippen molar-refractivity contribution in [2.24, 2.45) is 0 Å². The van der Waals surface area contributed by atoms with Gasteiger partial charge < -0.3 is 10.1 Å². The smallest absolute Gasteiger partial charge is 0.407 e. The number of nitrogens with one attached hydrogen (secondary N) is 1. The SMILES string of the molecule is Cc1ccnc(C=CCCNC(=O)OCc2ccccc2)c1. The number of ether oxygens (including phenoxy) is 1. The van der Waals surface area contributed by atoms with Crippen molar-refractivity contribution in [3.63, 3.8) is 0 Å². The van der Waals surface area contributed by atoms with E-state index in [1.807, 2.05) is 61.5 Å². The van der Waals surface area contributed by atoms with Crippen molar-refractivity contribution in [1.82, 2.24) is 10.3 Å². The zero-order valence-corrected chi connectivity index (χ0v) is 12.7. The zero-order valence-electron chi connectivity index (χ0n) is 12.7. The van der Waals surface area contributed by atoms with Crippen molar-refractivity contribution in [2.75, 3.05) is 6.54 Å². The van der Waals surface area contributed by atoms with E-state index in [1.54, 1.807) is 6.20 Å². The molecule has 4 nitrogen and oxygen atoms in total. The van der Waals surface area contributed by atoms with Crippen LogP contribution < -0.4 is 5.32 Å². The summed E-state index contributed by atoms with van der Waals surface area (Å²) in [5.74, 6) is 0. The monoisotopic (exact) mass is 296 g/mol. The maximum absolute atomic E-state index is 11.5. The Morgan fingerprint density at radius 3 is 2.86 bits per heavy atom. The highest BCUT2D eigenvalue weighted by Gasteiger charge is 2.00. The summed E-state index contributed by atoms with van der Waals surface area (Å²) in [6.07, 6.45) is 6.05. The predicted molar refractivity (Wildman–Crippen MR) is 87.3 cm³/mol. The van der Waals surface area contributed by atoms with Crippen molar-refractivity contribution in [2.45, 2.75) is 20.0 Å². The minimum atomic E-state index is -0.397. The van der Waals surface area contributed by atoms with E-state index < -0.39 is 6.09 Å². The standard InChI is InChI=1S/C18H20N2O2/c1-15-10-12-19-17(13-15)9-5-6-11-20-18(21)22-14-16-7-3-2-4-8-16/h2-5,7-10,12-13H,6,11,14H2,1H3,(H,20,21). The molecule has 0 atom stereocenters. The van der Waals surface area contributed by atoms with Crippen LogP contribution in [0.1, 0.15) is 23.2 Å². The number of amides is 1. The predicted octanol–water partition coefficient (Wildman–Crippen LogP) is 3.72. The van der Waals surface area contributed by atoms with E-state index in [0.29, 0.717) is 6.54 Å². The Morgan fingerprint density at radius 2 is 2.09 bits per heavy atom. The fraction of sp³-hybridized carbons (Fsp3) is 0.222. The quantitative estimate of drug-likeness (QED) is 0.827. The number of hydrogen-bond donors (Lipinski definition) is 1. The second-order valence-electron chi connectivity index (χ2n) is 4.94. The van der Waals surface area contributed by atoms with Gasteiger partial charge in [0.25, 0.3) is 0 Å². The summed E-state index contributed by atoms with van der Waals surface area (Å²) in [5, 5.41) is 2.72. The molecule has 1 amide bonds. The Balaban J connectivity index is 1.63. The average Bonchev–Trinajstić information content (AvgIpc) is 2.54. The fourth-order valence-corrected chi connectivity index (χ4v) is 1.89. The van der Waals surface area contributed by atoms with E-state index in [1.165, 1.54) is 5.56 Å². The molecule has 0 aliphatic carbocycles. The lowest BCUT2D eigenvalue weighted by atomic mass is 10.2. The fourth-order valence-electron chi connectivity index (χ4n) is 1.89. The number of carbonyl (C=O) groups excluding carboxylic acids is 1. The summed E-state index contributed by atoms with van der Waals surface area (Å²) < 4.78 is 5.12. The summed E-state index contributed by atoms with van der Waals surface area (Å²) in [4.78, 5) is 15.8. The van der Waals surface area contributed by atoms with Crippen molar-refractivity contribution in [1.29, 1.82) is 0 Å². The van der Waals surface area contributed by atoms with Crippen LogP contribution in [0, 0.1) is 6.92 Å². The molecule has 1 aromatic heterocycles. The summed E-state index contributed by atoms with van der Waals surface area (Å²) in [6.45, 7) is 2.86. The van der Waals surface area contributed by atoms with Crippen LogP contribution in [0.5, 0.6) is 0 Å². The number of carbonyl (C=O) groups is 1. The van der Waals surface area contributed by atoms with Gasteiger partial charge in [-0.25, -0.2) is 4.79 Å². The molecule has 0 saturated heterocycles. The zero-order chi connectivity index (χ0) is 15.6. The largest absolute Gasteiger partial charge is 0.445 e. The van der Waals surface area contributed by atoms with Gasteiger partial charge >= 0.3 is 6.09 Å². The summed E-state index contributed by atoms with van der Waals surface area (Å²) in [6, 6.07) is 13.6. The molecule has 4 heteroatoms. The van der Waals surface area contributed by atoms with Crippen LogP contribution in [0.25, 0.3) is 6.08 Å². The number of alkyl carbamates (subject to hydrolysis) is 1. The first-order chi connectivity index (χ1) is 10.7. The van der Waals surface area contributed by atoms with Gasteiger partial charge in [0.2, 0.25) is 0 Å². The van der Waals surface area contributed by atoms with Crippen LogP contribution >= 0.6 is 0 Å². The first-order valence-corrected chi connectivity index (χ1v) is 7.28. The highest BCUT2D eigenvalue weighted by atomic mass is 16.5. The molecule has 0 spiro atoms. The van der Waals surface area contributed by atoms with E-state index >= 15 is 0 Å². The third-order valence-corrected chi connectivity index (χ3v) is 3.02. The number of aryl methyl sites for hydroxylation is 1. The van der Waals surface area contributed by atoms with Gasteiger partial charge in [-0.15, -0.1) is 0 Å². The minimum absolute atomic E-state index is 0.287. The molecule has 2 aromatic rings. The molecule has 0 bridgehead atoms. The normalized spacial score (nSPS) is 10.6. The lowest BCUT2D eigenvalue weighted by Crippen LogP contribution is -2.24. The van der Waals surface area contributed by atoms with E-state index in [0.717, 1.165) is 17.7 Å². The second-order valence-corrected chi connectivity index (χ2v) is 4.94. The molecule has 0 radical (unpaired) electrons. The second kappa shape index (κ2) is 8.62. The van der Waals surface area contributed by atoms with Crippen LogP contribution in [0.2, 0.25) is 0 Å². The van der Waals surface area contributed by atoms with Crippen molar-refractivity contribution < 1.29 is 9.53 Å². The molecule has 0 saturated carbocycles. The molecule has 0 aliphatic heterocycles. The van der Waals surface area contributed by atoms with Gasteiger partial charge in [-0.3, -0.25) is 4.98 Å². The van der Waals surface area contributed by atoms with Crippen molar-refractivity contribution in [3.8, 4) is 0 Å². The Labute approximate surface area is 130 Å². The summed E-state index contributed by atoms with van der Waals surface area (Å²) in [5.41, 5.74) is 3.08. The lowest BCUT2D eigenvalue weighted by molar-refractivity contribution is 0.140. The van der Waals surface area contributed by atoms with Gasteiger partial charge in [-0.2, -0.15) is 0 Å². The molecular formula is C18H20N2O2. The Morgan fingerprint density at radius 1 is 1.27 bits per heavy atom. The number of nitrogens with zero attached hydrogens (tertiary/aromatic N) is 1. The Kier molecular flexibility index (Phi) is 6.18. The van der Waals surface area contributed by atoms with Gasteiger partial charge in [0.15, 0.2) is 0 Å². The number of aromatic nitrogens is 1. The molecule has 1 heterocycles. The van der Waals surface area contributed by atoms with Crippen LogP contribution in [0.3, 0.4) is 0 Å². The van der Waals surface area contributed by atoms with Crippen LogP contribution in [0.4, 0.5) is 4.79 Å². The molecule has 1 N–H and O–H groups in total. The van der Waals surface area contributed by atoms with E-state index in [9.17, 15) is 4.79 Å². The Hall–Kier alpha value is -2.62. The molecule has 1 aromatic carbocycles. The highest BCUT2D eigenvalue weighted by Crippen LogP contribution is 2.03. The maximum Gasteiger partial charge on any atom is 0.407 e. The highest BCUT2D eigenvalue weighted by molar-refractivity contribution is 5.67. The summed E-state index contributed by atoms with van der Waals surface area (Å²) in [7, 11) is 0. The van der Waals surface area contributed by atoms with Crippen molar-refractivity contribution in [3.05, 3.63) is 71.6 Å². The number of benzene rings is 1. The topological polar surface area (TPSA) is 51.2 Å². The molecule has 0 unspecified atom stereocenters. The van der Waals surface area contributed by atoms with E-state index in [4.69, 9.17) is 4.74 Å². The number of rotatable bonds is 6. The average molecular weight is 296 g/mol. The molecule has 2 rings (SSSR count). The van der Waals surface area contributed by atoms with Gasteiger partial charge in [0.1, 0.15) is 6.61 Å². The molecule has 114 valence electrons. The van der Waals surface area contributed by atoms with Crippen molar-refractivity contribution >= 4 is 12.2 Å². The third kappa shape index (κ3) is 5.79. The summed E-state index contributed by atoms with van der Waals surface area (Å²) >= 11 is 0. The first kappa shape index (κ1) is 15.8. The van der Waals surface area contributed by atoms with E-state index in [2.05, 4.69) is 10.3 Å². The molecule has 0 aliphatic rings. The van der Waals surface area contributed by atoms with Gasteiger partial charge in [-0.05, 0) is 42.7 Å². The first-order valence-electron chi connectivity index (χ1n) is 7.28.